The fourth-order valence-corrected chi connectivity index (χ4v) is 5.78. The number of halogens is 3. The lowest BCUT2D eigenvalue weighted by molar-refractivity contribution is -0.139. The predicted molar refractivity (Wildman–Crippen MR) is 160 cm³/mol. The van der Waals surface area contributed by atoms with E-state index in [-0.39, 0.29) is 17.3 Å². The monoisotopic (exact) mass is 687 g/mol. The van der Waals surface area contributed by atoms with Gasteiger partial charge in [0.25, 0.3) is 10.0 Å². The third-order valence-corrected chi connectivity index (χ3v) is 9.02. The van der Waals surface area contributed by atoms with E-state index in [1.165, 1.54) is 17.0 Å². The summed E-state index contributed by atoms with van der Waals surface area (Å²) >= 11 is 14.4. The van der Waals surface area contributed by atoms with Crippen molar-refractivity contribution in [3.05, 3.63) is 92.0 Å². The summed E-state index contributed by atoms with van der Waals surface area (Å²) in [4.78, 5) is 28.1. The lowest BCUT2D eigenvalue weighted by Gasteiger charge is -2.32. The molecule has 7 nitrogen and oxygen atoms in total. The van der Waals surface area contributed by atoms with E-state index in [1.54, 1.807) is 67.6 Å². The molecule has 0 radical (unpaired) electrons. The van der Waals surface area contributed by atoms with Crippen molar-refractivity contribution in [1.82, 2.24) is 10.2 Å². The van der Waals surface area contributed by atoms with E-state index in [2.05, 4.69) is 27.9 Å². The van der Waals surface area contributed by atoms with Crippen molar-refractivity contribution >= 4 is 73.3 Å². The molecule has 11 heteroatoms. The van der Waals surface area contributed by atoms with Gasteiger partial charge < -0.3 is 10.2 Å². The van der Waals surface area contributed by atoms with Gasteiger partial charge in [-0.05, 0) is 90.0 Å². The van der Waals surface area contributed by atoms with Gasteiger partial charge in [-0.1, -0.05) is 54.4 Å². The Morgan fingerprint density at radius 2 is 1.63 bits per heavy atom. The van der Waals surface area contributed by atoms with Crippen molar-refractivity contribution in [3.63, 3.8) is 0 Å². The first-order valence-corrected chi connectivity index (χ1v) is 15.2. The van der Waals surface area contributed by atoms with Crippen molar-refractivity contribution in [2.24, 2.45) is 0 Å². The van der Waals surface area contributed by atoms with Crippen LogP contribution >= 0.6 is 45.8 Å². The van der Waals surface area contributed by atoms with Crippen LogP contribution in [0.2, 0.25) is 10.0 Å². The normalized spacial score (nSPS) is 12.0. The molecule has 0 aliphatic rings. The molecule has 1 N–H and O–H groups in total. The summed E-state index contributed by atoms with van der Waals surface area (Å²) in [5.41, 5.74) is 0.981. The molecule has 3 rings (SSSR count). The molecular formula is C27H28Cl2IN3O4S. The minimum Gasteiger partial charge on any atom is -0.354 e. The van der Waals surface area contributed by atoms with Crippen LogP contribution in [0.5, 0.6) is 0 Å². The highest BCUT2D eigenvalue weighted by Gasteiger charge is 2.32. The highest BCUT2D eigenvalue weighted by atomic mass is 127. The van der Waals surface area contributed by atoms with Crippen LogP contribution in [0.4, 0.5) is 5.69 Å². The number of hydrogen-bond acceptors (Lipinski definition) is 4. The Morgan fingerprint density at radius 3 is 2.24 bits per heavy atom. The Kier molecular flexibility index (Phi) is 10.8. The van der Waals surface area contributed by atoms with Gasteiger partial charge in [-0.25, -0.2) is 8.42 Å². The molecule has 202 valence electrons. The number of benzene rings is 3. The van der Waals surface area contributed by atoms with Crippen LogP contribution in [0.3, 0.4) is 0 Å². The van der Waals surface area contributed by atoms with E-state index in [1.807, 2.05) is 6.92 Å². The third-order valence-electron chi connectivity index (χ3n) is 5.78. The SMILES string of the molecule is CCCNC(=O)[C@H](C)N(Cc1ccc(Cl)c(Cl)c1)C(=O)CN(c1ccc(I)cc1)S(=O)(=O)c1ccccc1. The van der Waals surface area contributed by atoms with Crippen molar-refractivity contribution < 1.29 is 18.0 Å². The summed E-state index contributed by atoms with van der Waals surface area (Å²) in [6.45, 7) is 3.51. The van der Waals surface area contributed by atoms with Gasteiger partial charge in [0, 0.05) is 16.7 Å². The molecule has 0 aliphatic heterocycles. The fraction of sp³-hybridized carbons (Fsp3) is 0.259. The molecular weight excluding hydrogens is 660 g/mol. The lowest BCUT2D eigenvalue weighted by Crippen LogP contribution is -2.51. The van der Waals surface area contributed by atoms with E-state index < -0.39 is 28.5 Å². The first-order chi connectivity index (χ1) is 18.0. The van der Waals surface area contributed by atoms with Gasteiger partial charge in [0.2, 0.25) is 11.8 Å². The highest BCUT2D eigenvalue weighted by Crippen LogP contribution is 2.26. The van der Waals surface area contributed by atoms with Crippen LogP contribution in [0.1, 0.15) is 25.8 Å². The van der Waals surface area contributed by atoms with Gasteiger partial charge in [0.15, 0.2) is 0 Å². The molecule has 0 aliphatic carbocycles. The van der Waals surface area contributed by atoms with Crippen LogP contribution in [0, 0.1) is 3.57 Å². The number of rotatable bonds is 11. The van der Waals surface area contributed by atoms with Gasteiger partial charge >= 0.3 is 0 Å². The molecule has 0 aromatic heterocycles. The summed E-state index contributed by atoms with van der Waals surface area (Å²) in [6, 6.07) is 18.8. The summed E-state index contributed by atoms with van der Waals surface area (Å²) in [5, 5.41) is 3.48. The molecule has 0 saturated heterocycles. The quantitative estimate of drug-likeness (QED) is 0.261. The molecule has 0 saturated carbocycles. The Balaban J connectivity index is 2.01. The first kappa shape index (κ1) is 30.2. The zero-order valence-electron chi connectivity index (χ0n) is 20.9. The van der Waals surface area contributed by atoms with Crippen LogP contribution in [0.25, 0.3) is 0 Å². The van der Waals surface area contributed by atoms with Crippen molar-refractivity contribution in [2.75, 3.05) is 17.4 Å². The molecule has 0 spiro atoms. The summed E-state index contributed by atoms with van der Waals surface area (Å²) < 4.78 is 29.4. The van der Waals surface area contributed by atoms with Crippen molar-refractivity contribution in [3.8, 4) is 0 Å². The maximum Gasteiger partial charge on any atom is 0.264 e. The van der Waals surface area contributed by atoms with Crippen LogP contribution in [-0.2, 0) is 26.2 Å². The second-order valence-corrected chi connectivity index (χ2v) is 12.5. The molecule has 3 aromatic carbocycles. The molecule has 0 bridgehead atoms. The lowest BCUT2D eigenvalue weighted by atomic mass is 10.1. The number of hydrogen-bond donors (Lipinski definition) is 1. The maximum atomic E-state index is 13.8. The van der Waals surface area contributed by atoms with Crippen molar-refractivity contribution in [2.45, 2.75) is 37.8 Å². The van der Waals surface area contributed by atoms with E-state index >= 15 is 0 Å². The number of carbonyl (C=O) groups is 2. The molecule has 1 atom stereocenters. The number of nitrogens with zero attached hydrogens (tertiary/aromatic N) is 2. The minimum atomic E-state index is -4.10. The summed E-state index contributed by atoms with van der Waals surface area (Å²) in [6.07, 6.45) is 0.731. The number of amides is 2. The Hall–Kier alpha value is -2.34. The van der Waals surface area contributed by atoms with Crippen LogP contribution in [0.15, 0.2) is 77.7 Å². The molecule has 0 unspecified atom stereocenters. The molecule has 0 fully saturated rings. The number of anilines is 1. The number of carbonyl (C=O) groups excluding carboxylic acids is 2. The Bertz CT molecular complexity index is 1370. The maximum absolute atomic E-state index is 13.8. The van der Waals surface area contributed by atoms with Gasteiger partial charge in [0.05, 0.1) is 20.6 Å². The zero-order chi connectivity index (χ0) is 27.9. The number of sulfonamides is 1. The summed E-state index contributed by atoms with van der Waals surface area (Å²) in [7, 11) is -4.10. The molecule has 2 amide bonds. The predicted octanol–water partition coefficient (Wildman–Crippen LogP) is 5.74. The second-order valence-electron chi connectivity index (χ2n) is 8.54. The Morgan fingerprint density at radius 1 is 0.974 bits per heavy atom. The smallest absolute Gasteiger partial charge is 0.264 e. The zero-order valence-corrected chi connectivity index (χ0v) is 25.4. The minimum absolute atomic E-state index is 0.0301. The molecule has 38 heavy (non-hydrogen) atoms. The van der Waals surface area contributed by atoms with E-state index in [0.29, 0.717) is 27.8 Å². The first-order valence-electron chi connectivity index (χ1n) is 11.9. The highest BCUT2D eigenvalue weighted by molar-refractivity contribution is 14.1. The van der Waals surface area contributed by atoms with Crippen LogP contribution in [-0.4, -0.2) is 44.3 Å². The second kappa shape index (κ2) is 13.6. The standard InChI is InChI=1S/C27H28Cl2IN3O4S/c1-3-15-31-27(35)19(2)32(17-20-9-14-24(28)25(29)16-20)26(34)18-33(22-12-10-21(30)11-13-22)38(36,37)23-7-5-4-6-8-23/h4-14,16,19H,3,15,17-18H2,1-2H3,(H,31,35)/t19-/m0/s1. The van der Waals surface area contributed by atoms with Crippen LogP contribution < -0.4 is 9.62 Å². The molecule has 3 aromatic rings. The third kappa shape index (κ3) is 7.62. The van der Waals surface area contributed by atoms with Gasteiger partial charge in [0.1, 0.15) is 12.6 Å². The van der Waals surface area contributed by atoms with Gasteiger partial charge in [-0.2, -0.15) is 0 Å². The van der Waals surface area contributed by atoms with Gasteiger partial charge in [-0.3, -0.25) is 13.9 Å². The average molecular weight is 688 g/mol. The largest absolute Gasteiger partial charge is 0.354 e. The Labute approximate surface area is 247 Å². The fourth-order valence-electron chi connectivity index (χ4n) is 3.67. The topological polar surface area (TPSA) is 86.8 Å². The molecule has 0 heterocycles. The van der Waals surface area contributed by atoms with Gasteiger partial charge in [-0.15, -0.1) is 0 Å². The van der Waals surface area contributed by atoms with E-state index in [9.17, 15) is 18.0 Å². The summed E-state index contributed by atoms with van der Waals surface area (Å²) in [5.74, 6) is -0.889. The average Bonchev–Trinajstić information content (AvgIpc) is 2.91. The van der Waals surface area contributed by atoms with E-state index in [4.69, 9.17) is 23.2 Å². The number of nitrogens with one attached hydrogen (secondary N) is 1. The van der Waals surface area contributed by atoms with E-state index in [0.717, 1.165) is 14.3 Å². The van der Waals surface area contributed by atoms with Crippen molar-refractivity contribution in [1.29, 1.82) is 0 Å².